The summed E-state index contributed by atoms with van der Waals surface area (Å²) in [7, 11) is -4.47. The van der Waals surface area contributed by atoms with Gasteiger partial charge in [-0.3, -0.25) is 4.79 Å². The highest BCUT2D eigenvalue weighted by molar-refractivity contribution is 7.90. The van der Waals surface area contributed by atoms with Crippen LogP contribution >= 0.6 is 0 Å². The van der Waals surface area contributed by atoms with Gasteiger partial charge >= 0.3 is 0 Å². The van der Waals surface area contributed by atoms with Crippen LogP contribution in [-0.4, -0.2) is 20.4 Å². The molecule has 128 valence electrons. The van der Waals surface area contributed by atoms with E-state index >= 15 is 0 Å². The van der Waals surface area contributed by atoms with Gasteiger partial charge in [0.2, 0.25) is 0 Å². The van der Waals surface area contributed by atoms with E-state index in [0.29, 0.717) is 11.8 Å². The average Bonchev–Trinajstić information content (AvgIpc) is 2.46. The number of hydrogen-bond acceptors (Lipinski definition) is 4. The van der Waals surface area contributed by atoms with Crippen LogP contribution in [0, 0.1) is 18.6 Å². The number of ether oxygens (including phenoxy) is 1. The first-order valence-corrected chi connectivity index (χ1v) is 8.42. The third-order valence-electron chi connectivity index (χ3n) is 3.09. The Labute approximate surface area is 138 Å². The van der Waals surface area contributed by atoms with Crippen LogP contribution in [0.25, 0.3) is 0 Å². The minimum Gasteiger partial charge on any atom is -0.481 e. The SMILES string of the molecule is Cc1cccc(OC(C)C(=O)NS(=O)(=O)c2ccc(F)cc2F)c1. The molecule has 1 N–H and O–H groups in total. The van der Waals surface area contributed by atoms with Crippen LogP contribution in [0.5, 0.6) is 5.75 Å². The summed E-state index contributed by atoms with van der Waals surface area (Å²) in [6, 6.07) is 8.80. The van der Waals surface area contributed by atoms with Crippen LogP contribution in [-0.2, 0) is 14.8 Å². The van der Waals surface area contributed by atoms with Gasteiger partial charge in [-0.25, -0.2) is 21.9 Å². The number of nitrogens with one attached hydrogen (secondary N) is 1. The van der Waals surface area contributed by atoms with Crippen LogP contribution < -0.4 is 9.46 Å². The molecule has 1 unspecified atom stereocenters. The van der Waals surface area contributed by atoms with E-state index in [0.717, 1.165) is 17.7 Å². The number of benzene rings is 2. The first kappa shape index (κ1) is 17.9. The van der Waals surface area contributed by atoms with Crippen molar-refractivity contribution in [3.05, 3.63) is 59.7 Å². The Morgan fingerprint density at radius 3 is 2.50 bits per heavy atom. The van der Waals surface area contributed by atoms with Gasteiger partial charge in [0.15, 0.2) is 6.10 Å². The molecule has 0 heterocycles. The normalized spacial score (nSPS) is 12.5. The highest BCUT2D eigenvalue weighted by atomic mass is 32.2. The summed E-state index contributed by atoms with van der Waals surface area (Å²) in [5.74, 6) is -2.79. The summed E-state index contributed by atoms with van der Waals surface area (Å²) in [5.41, 5.74) is 0.904. The largest absolute Gasteiger partial charge is 0.481 e. The maximum absolute atomic E-state index is 13.6. The Bertz CT molecular complexity index is 868. The fraction of sp³-hybridized carbons (Fsp3) is 0.188. The number of carbonyl (C=O) groups is 1. The van der Waals surface area contributed by atoms with Gasteiger partial charge in [0.05, 0.1) is 0 Å². The van der Waals surface area contributed by atoms with E-state index in [1.54, 1.807) is 22.9 Å². The highest BCUT2D eigenvalue weighted by Crippen LogP contribution is 2.17. The van der Waals surface area contributed by atoms with E-state index in [1.165, 1.54) is 6.92 Å². The fourth-order valence-corrected chi connectivity index (χ4v) is 3.01. The predicted octanol–water partition coefficient (Wildman–Crippen LogP) is 2.55. The summed E-state index contributed by atoms with van der Waals surface area (Å²) < 4.78 is 57.6. The van der Waals surface area contributed by atoms with E-state index < -0.39 is 38.6 Å². The molecule has 0 saturated heterocycles. The lowest BCUT2D eigenvalue weighted by Gasteiger charge is -2.15. The molecule has 0 aromatic heterocycles. The van der Waals surface area contributed by atoms with Crippen molar-refractivity contribution < 1.29 is 26.7 Å². The molecule has 5 nitrogen and oxygen atoms in total. The molecule has 0 aliphatic carbocycles. The molecular weight excluding hydrogens is 340 g/mol. The van der Waals surface area contributed by atoms with E-state index in [9.17, 15) is 22.0 Å². The summed E-state index contributed by atoms with van der Waals surface area (Å²) in [6.07, 6.45) is -1.13. The van der Waals surface area contributed by atoms with Crippen LogP contribution in [0.3, 0.4) is 0 Å². The lowest BCUT2D eigenvalue weighted by Crippen LogP contribution is -2.40. The van der Waals surface area contributed by atoms with Crippen molar-refractivity contribution in [3.8, 4) is 5.75 Å². The first-order valence-electron chi connectivity index (χ1n) is 6.94. The second kappa shape index (κ2) is 6.96. The van der Waals surface area contributed by atoms with Gasteiger partial charge in [-0.15, -0.1) is 0 Å². The zero-order valence-electron chi connectivity index (χ0n) is 12.9. The highest BCUT2D eigenvalue weighted by Gasteiger charge is 2.25. The van der Waals surface area contributed by atoms with Crippen molar-refractivity contribution >= 4 is 15.9 Å². The maximum Gasteiger partial charge on any atom is 0.274 e. The van der Waals surface area contributed by atoms with Crippen molar-refractivity contribution in [2.75, 3.05) is 0 Å². The molecule has 0 aliphatic rings. The number of hydrogen-bond donors (Lipinski definition) is 1. The molecule has 0 spiro atoms. The molecule has 24 heavy (non-hydrogen) atoms. The van der Waals surface area contributed by atoms with E-state index in [1.807, 2.05) is 13.0 Å². The molecule has 0 saturated carbocycles. The minimum atomic E-state index is -4.47. The van der Waals surface area contributed by atoms with Crippen molar-refractivity contribution in [1.82, 2.24) is 4.72 Å². The number of amides is 1. The third-order valence-corrected chi connectivity index (χ3v) is 4.47. The monoisotopic (exact) mass is 355 g/mol. The van der Waals surface area contributed by atoms with Crippen molar-refractivity contribution in [3.63, 3.8) is 0 Å². The fourth-order valence-electron chi connectivity index (χ4n) is 1.91. The van der Waals surface area contributed by atoms with Gasteiger partial charge in [0.25, 0.3) is 15.9 Å². The smallest absolute Gasteiger partial charge is 0.274 e. The molecule has 0 radical (unpaired) electrons. The number of sulfonamides is 1. The second-order valence-corrected chi connectivity index (χ2v) is 6.77. The maximum atomic E-state index is 13.6. The van der Waals surface area contributed by atoms with Gasteiger partial charge < -0.3 is 4.74 Å². The van der Waals surface area contributed by atoms with Crippen LogP contribution in [0.15, 0.2) is 47.4 Å². The molecule has 0 fully saturated rings. The summed E-state index contributed by atoms with van der Waals surface area (Å²) in [5, 5.41) is 0. The minimum absolute atomic E-state index is 0.392. The number of halogens is 2. The molecular formula is C16H15F2NO4S. The number of aryl methyl sites for hydroxylation is 1. The molecule has 2 rings (SSSR count). The van der Waals surface area contributed by atoms with Gasteiger partial charge in [-0.1, -0.05) is 12.1 Å². The summed E-state index contributed by atoms with van der Waals surface area (Å²) in [4.78, 5) is 11.2. The Hall–Kier alpha value is -2.48. The Morgan fingerprint density at radius 1 is 1.17 bits per heavy atom. The quantitative estimate of drug-likeness (QED) is 0.895. The van der Waals surface area contributed by atoms with Gasteiger partial charge in [-0.2, -0.15) is 0 Å². The van der Waals surface area contributed by atoms with Crippen molar-refractivity contribution in [1.29, 1.82) is 0 Å². The molecule has 0 bridgehead atoms. The Balaban J connectivity index is 2.12. The van der Waals surface area contributed by atoms with Crippen LogP contribution in [0.2, 0.25) is 0 Å². The van der Waals surface area contributed by atoms with E-state index in [4.69, 9.17) is 4.74 Å². The molecule has 2 aromatic rings. The number of rotatable bonds is 5. The topological polar surface area (TPSA) is 72.5 Å². The lowest BCUT2D eigenvalue weighted by molar-refractivity contribution is -0.125. The summed E-state index contributed by atoms with van der Waals surface area (Å²) in [6.45, 7) is 3.19. The zero-order chi connectivity index (χ0) is 17.9. The van der Waals surface area contributed by atoms with Crippen LogP contribution in [0.1, 0.15) is 12.5 Å². The molecule has 1 atom stereocenters. The predicted molar refractivity (Wildman–Crippen MR) is 83.0 cm³/mol. The van der Waals surface area contributed by atoms with E-state index in [-0.39, 0.29) is 0 Å². The molecule has 2 aromatic carbocycles. The Morgan fingerprint density at radius 2 is 1.88 bits per heavy atom. The summed E-state index contributed by atoms with van der Waals surface area (Å²) >= 11 is 0. The molecule has 1 amide bonds. The number of carbonyl (C=O) groups excluding carboxylic acids is 1. The lowest BCUT2D eigenvalue weighted by atomic mass is 10.2. The third kappa shape index (κ3) is 4.29. The van der Waals surface area contributed by atoms with Crippen LogP contribution in [0.4, 0.5) is 8.78 Å². The second-order valence-electron chi connectivity index (χ2n) is 5.12. The Kier molecular flexibility index (Phi) is 5.18. The average molecular weight is 355 g/mol. The van der Waals surface area contributed by atoms with Gasteiger partial charge in [0.1, 0.15) is 22.3 Å². The zero-order valence-corrected chi connectivity index (χ0v) is 13.7. The van der Waals surface area contributed by atoms with Crippen molar-refractivity contribution in [2.24, 2.45) is 0 Å². The van der Waals surface area contributed by atoms with E-state index in [2.05, 4.69) is 0 Å². The van der Waals surface area contributed by atoms with Gasteiger partial charge in [0, 0.05) is 6.07 Å². The molecule has 0 aliphatic heterocycles. The van der Waals surface area contributed by atoms with Gasteiger partial charge in [-0.05, 0) is 43.7 Å². The van der Waals surface area contributed by atoms with Crippen molar-refractivity contribution in [2.45, 2.75) is 24.8 Å². The molecule has 8 heteroatoms. The standard InChI is InChI=1S/C16H15F2NO4S/c1-10-4-3-5-13(8-10)23-11(2)16(20)19-24(21,22)15-7-6-12(17)9-14(15)18/h3-9,11H,1-2H3,(H,19,20). The first-order chi connectivity index (χ1) is 11.2.